The molecule has 0 aliphatic heterocycles. The van der Waals surface area contributed by atoms with E-state index in [0.717, 1.165) is 18.5 Å². The maximum absolute atomic E-state index is 11.7. The van der Waals surface area contributed by atoms with Crippen molar-refractivity contribution < 1.29 is 0 Å². The molecule has 0 saturated heterocycles. The van der Waals surface area contributed by atoms with Gasteiger partial charge in [0.05, 0.1) is 0 Å². The zero-order valence-corrected chi connectivity index (χ0v) is 9.08. The van der Waals surface area contributed by atoms with E-state index in [2.05, 4.69) is 12.2 Å². The summed E-state index contributed by atoms with van der Waals surface area (Å²) < 4.78 is 1.76. The summed E-state index contributed by atoms with van der Waals surface area (Å²) >= 11 is 0. The van der Waals surface area contributed by atoms with Crippen LogP contribution in [0.15, 0.2) is 23.1 Å². The summed E-state index contributed by atoms with van der Waals surface area (Å²) in [6.07, 6.45) is 2.87. The Morgan fingerprint density at radius 1 is 1.57 bits per heavy atom. The fourth-order valence-corrected chi connectivity index (χ4v) is 1.46. The Balaban J connectivity index is 2.86. The number of aromatic nitrogens is 1. The zero-order valence-electron chi connectivity index (χ0n) is 9.08. The van der Waals surface area contributed by atoms with Crippen LogP contribution in [0.2, 0.25) is 0 Å². The van der Waals surface area contributed by atoms with Crippen molar-refractivity contribution in [3.8, 4) is 0 Å². The topological polar surface area (TPSA) is 34.0 Å². The molecule has 1 atom stereocenters. The van der Waals surface area contributed by atoms with Crippen LogP contribution in [0, 0.1) is 6.92 Å². The molecule has 3 nitrogen and oxygen atoms in total. The first-order valence-electron chi connectivity index (χ1n) is 5.02. The van der Waals surface area contributed by atoms with Crippen LogP contribution >= 0.6 is 0 Å². The second kappa shape index (κ2) is 4.96. The van der Waals surface area contributed by atoms with Gasteiger partial charge in [-0.05, 0) is 26.5 Å². The van der Waals surface area contributed by atoms with Crippen molar-refractivity contribution in [3.05, 3.63) is 34.2 Å². The summed E-state index contributed by atoms with van der Waals surface area (Å²) in [5.41, 5.74) is 0.916. The van der Waals surface area contributed by atoms with Gasteiger partial charge in [0.2, 0.25) is 0 Å². The van der Waals surface area contributed by atoms with Crippen molar-refractivity contribution in [2.45, 2.75) is 32.9 Å². The van der Waals surface area contributed by atoms with E-state index in [0.29, 0.717) is 6.04 Å². The number of likely N-dealkylation sites (N-methyl/N-ethyl adjacent to an activating group) is 1. The molecule has 1 N–H and O–H groups in total. The highest BCUT2D eigenvalue weighted by molar-refractivity contribution is 5.07. The van der Waals surface area contributed by atoms with Gasteiger partial charge in [-0.2, -0.15) is 0 Å². The fourth-order valence-electron chi connectivity index (χ4n) is 1.46. The molecule has 1 aromatic heterocycles. The molecular weight excluding hydrogens is 176 g/mol. The predicted octanol–water partition coefficient (Wildman–Crippen LogP) is 1.15. The number of hydrogen-bond acceptors (Lipinski definition) is 2. The molecule has 3 heteroatoms. The molecular formula is C11H18N2O. The molecule has 0 radical (unpaired) electrons. The van der Waals surface area contributed by atoms with E-state index >= 15 is 0 Å². The lowest BCUT2D eigenvalue weighted by molar-refractivity contribution is 0.460. The van der Waals surface area contributed by atoms with Crippen molar-refractivity contribution in [2.24, 2.45) is 0 Å². The van der Waals surface area contributed by atoms with E-state index in [1.165, 1.54) is 0 Å². The molecule has 1 unspecified atom stereocenters. The molecule has 0 aliphatic rings. The first kappa shape index (κ1) is 11.0. The van der Waals surface area contributed by atoms with Crippen LogP contribution in [0.3, 0.4) is 0 Å². The first-order chi connectivity index (χ1) is 6.69. The van der Waals surface area contributed by atoms with Gasteiger partial charge in [0, 0.05) is 24.3 Å². The highest BCUT2D eigenvalue weighted by atomic mass is 16.1. The minimum absolute atomic E-state index is 0.112. The summed E-state index contributed by atoms with van der Waals surface area (Å²) in [4.78, 5) is 11.7. The average molecular weight is 194 g/mol. The number of aryl methyl sites for hydroxylation is 1. The normalized spacial score (nSPS) is 12.8. The number of nitrogens with zero attached hydrogens (tertiary/aromatic N) is 1. The molecule has 1 heterocycles. The van der Waals surface area contributed by atoms with Crippen LogP contribution in [-0.2, 0) is 6.54 Å². The van der Waals surface area contributed by atoms with Gasteiger partial charge in [0.15, 0.2) is 0 Å². The molecule has 0 amide bonds. The van der Waals surface area contributed by atoms with Gasteiger partial charge in [-0.3, -0.25) is 4.79 Å². The summed E-state index contributed by atoms with van der Waals surface area (Å²) in [5.74, 6) is 0. The van der Waals surface area contributed by atoms with Crippen LogP contribution in [0.25, 0.3) is 0 Å². The third-order valence-corrected chi connectivity index (χ3v) is 2.53. The monoisotopic (exact) mass is 194 g/mol. The predicted molar refractivity (Wildman–Crippen MR) is 58.6 cm³/mol. The van der Waals surface area contributed by atoms with E-state index in [1.807, 2.05) is 32.3 Å². The Morgan fingerprint density at radius 3 is 2.86 bits per heavy atom. The average Bonchev–Trinajstić information content (AvgIpc) is 2.20. The Hall–Kier alpha value is -1.09. The minimum Gasteiger partial charge on any atom is -0.315 e. The number of pyridine rings is 1. The van der Waals surface area contributed by atoms with Crippen LogP contribution < -0.4 is 10.9 Å². The van der Waals surface area contributed by atoms with Crippen LogP contribution in [-0.4, -0.2) is 17.7 Å². The van der Waals surface area contributed by atoms with Gasteiger partial charge in [0.25, 0.3) is 5.56 Å². The van der Waals surface area contributed by atoms with E-state index < -0.39 is 0 Å². The molecule has 0 spiro atoms. The Bertz CT molecular complexity index is 339. The van der Waals surface area contributed by atoms with Crippen molar-refractivity contribution in [3.63, 3.8) is 0 Å². The molecule has 14 heavy (non-hydrogen) atoms. The molecule has 1 rings (SSSR count). The smallest absolute Gasteiger partial charge is 0.253 e. The van der Waals surface area contributed by atoms with Gasteiger partial charge in [-0.1, -0.05) is 13.0 Å². The zero-order chi connectivity index (χ0) is 10.6. The van der Waals surface area contributed by atoms with Crippen LogP contribution in [0.4, 0.5) is 0 Å². The number of nitrogens with one attached hydrogen (secondary N) is 1. The third kappa shape index (κ3) is 2.45. The number of rotatable bonds is 4. The second-order valence-electron chi connectivity index (χ2n) is 3.54. The van der Waals surface area contributed by atoms with Crippen molar-refractivity contribution in [1.82, 2.24) is 9.88 Å². The van der Waals surface area contributed by atoms with E-state index in [9.17, 15) is 4.79 Å². The summed E-state index contributed by atoms with van der Waals surface area (Å²) in [6, 6.07) is 4.13. The van der Waals surface area contributed by atoms with Gasteiger partial charge in [-0.25, -0.2) is 0 Å². The standard InChI is InChI=1S/C11H18N2O/c1-4-10(12-3)8-13-7-5-6-9(2)11(13)14/h5-7,10,12H,4,8H2,1-3H3. The molecule has 0 bridgehead atoms. The lowest BCUT2D eigenvalue weighted by Gasteiger charge is -2.15. The maximum Gasteiger partial charge on any atom is 0.253 e. The molecule has 78 valence electrons. The van der Waals surface area contributed by atoms with E-state index in [-0.39, 0.29) is 5.56 Å². The van der Waals surface area contributed by atoms with Crippen LogP contribution in [0.1, 0.15) is 18.9 Å². The largest absolute Gasteiger partial charge is 0.315 e. The van der Waals surface area contributed by atoms with Crippen LogP contribution in [0.5, 0.6) is 0 Å². The molecule has 0 saturated carbocycles. The summed E-state index contributed by atoms with van der Waals surface area (Å²) in [5, 5.41) is 3.19. The molecule has 0 fully saturated rings. The Morgan fingerprint density at radius 2 is 2.29 bits per heavy atom. The second-order valence-corrected chi connectivity index (χ2v) is 3.54. The van der Waals surface area contributed by atoms with Crippen molar-refractivity contribution in [1.29, 1.82) is 0 Å². The highest BCUT2D eigenvalue weighted by Crippen LogP contribution is 1.95. The van der Waals surface area contributed by atoms with Gasteiger partial charge in [0.1, 0.15) is 0 Å². The minimum atomic E-state index is 0.112. The Kier molecular flexibility index (Phi) is 3.89. The summed E-state index contributed by atoms with van der Waals surface area (Å²) in [6.45, 7) is 4.70. The molecule has 1 aromatic rings. The highest BCUT2D eigenvalue weighted by Gasteiger charge is 2.05. The van der Waals surface area contributed by atoms with Crippen molar-refractivity contribution in [2.75, 3.05) is 7.05 Å². The number of hydrogen-bond donors (Lipinski definition) is 1. The van der Waals surface area contributed by atoms with E-state index in [4.69, 9.17) is 0 Å². The fraction of sp³-hybridized carbons (Fsp3) is 0.545. The lowest BCUT2D eigenvalue weighted by Crippen LogP contribution is -2.34. The van der Waals surface area contributed by atoms with Gasteiger partial charge >= 0.3 is 0 Å². The third-order valence-electron chi connectivity index (χ3n) is 2.53. The molecule has 0 aromatic carbocycles. The quantitative estimate of drug-likeness (QED) is 0.780. The summed E-state index contributed by atoms with van der Waals surface area (Å²) in [7, 11) is 1.93. The Labute approximate surface area is 84.8 Å². The van der Waals surface area contributed by atoms with Gasteiger partial charge in [-0.15, -0.1) is 0 Å². The maximum atomic E-state index is 11.7. The SMILES string of the molecule is CCC(Cn1cccc(C)c1=O)NC. The van der Waals surface area contributed by atoms with E-state index in [1.54, 1.807) is 4.57 Å². The van der Waals surface area contributed by atoms with Crippen molar-refractivity contribution >= 4 is 0 Å². The first-order valence-corrected chi connectivity index (χ1v) is 5.02. The lowest BCUT2D eigenvalue weighted by atomic mass is 10.2. The molecule has 0 aliphatic carbocycles. The van der Waals surface area contributed by atoms with Gasteiger partial charge < -0.3 is 9.88 Å².